The third-order valence-corrected chi connectivity index (χ3v) is 3.52. The normalized spacial score (nSPS) is 11.9. The molecule has 0 fully saturated rings. The van der Waals surface area contributed by atoms with E-state index in [1.165, 1.54) is 0 Å². The predicted molar refractivity (Wildman–Crippen MR) is 70.4 cm³/mol. The average molecular weight is 258 g/mol. The van der Waals surface area contributed by atoms with Crippen molar-refractivity contribution in [2.75, 3.05) is 14.1 Å². The number of thiocarbonyl (C=S) groups is 1. The van der Waals surface area contributed by atoms with Crippen LogP contribution in [-0.2, 0) is 11.1 Å². The van der Waals surface area contributed by atoms with E-state index in [-0.39, 0.29) is 0 Å². The molecule has 0 aliphatic heterocycles. The van der Waals surface area contributed by atoms with Gasteiger partial charge in [0.1, 0.15) is 0 Å². The van der Waals surface area contributed by atoms with Crippen LogP contribution >= 0.6 is 20.2 Å². The summed E-state index contributed by atoms with van der Waals surface area (Å²) in [6.07, 6.45) is 0. The Balaban J connectivity index is 2.68. The molecule has 1 aromatic rings. The summed E-state index contributed by atoms with van der Waals surface area (Å²) in [5.74, 6) is 0. The highest BCUT2D eigenvalue weighted by Crippen LogP contribution is 2.13. The lowest BCUT2D eigenvalue weighted by molar-refractivity contribution is 0.495. The van der Waals surface area contributed by atoms with Crippen LogP contribution in [0.3, 0.4) is 0 Å². The molecule has 0 aliphatic rings. The summed E-state index contributed by atoms with van der Waals surface area (Å²) in [5, 5.41) is 4.03. The van der Waals surface area contributed by atoms with Gasteiger partial charge < -0.3 is 15.1 Å². The third kappa shape index (κ3) is 3.59. The van der Waals surface area contributed by atoms with E-state index in [0.29, 0.717) is 17.0 Å². The highest BCUT2D eigenvalue weighted by molar-refractivity contribution is 7.80. The quantitative estimate of drug-likeness (QED) is 0.618. The zero-order valence-corrected chi connectivity index (χ0v) is 11.0. The highest BCUT2D eigenvalue weighted by atomic mass is 32.1. The van der Waals surface area contributed by atoms with E-state index in [4.69, 9.17) is 17.1 Å². The number of nitrogens with zero attached hydrogens (tertiary/aromatic N) is 1. The van der Waals surface area contributed by atoms with Crippen LogP contribution in [0.4, 0.5) is 0 Å². The molecule has 0 saturated carbocycles. The molecule has 0 amide bonds. The van der Waals surface area contributed by atoms with Crippen molar-refractivity contribution in [3.63, 3.8) is 0 Å². The smallest absolute Gasteiger partial charge is 0.218 e. The van der Waals surface area contributed by atoms with Gasteiger partial charge in [-0.1, -0.05) is 12.1 Å². The average Bonchev–Trinajstić information content (AvgIpc) is 2.28. The Hall–Kier alpha value is -0.900. The minimum Gasteiger partial charge on any atom is -0.366 e. The molecule has 0 spiro atoms. The molecule has 0 aliphatic carbocycles. The lowest BCUT2D eigenvalue weighted by Crippen LogP contribution is -2.34. The van der Waals surface area contributed by atoms with Crippen molar-refractivity contribution in [2.45, 2.75) is 6.54 Å². The zero-order chi connectivity index (χ0) is 12.1. The van der Waals surface area contributed by atoms with Gasteiger partial charge in [-0.15, -0.1) is 0 Å². The van der Waals surface area contributed by atoms with Crippen LogP contribution in [-0.4, -0.2) is 29.0 Å². The first-order valence-corrected chi connectivity index (χ1v) is 6.56. The summed E-state index contributed by atoms with van der Waals surface area (Å²) in [4.78, 5) is 10.8. The standard InChI is InChI=1S/C10H15N2O2PS/c1-11-10(16)12(2)7-8-3-5-9(6-4-8)15(13)14/h3-6,15H,7H2,1-2H3,(H,11,16)(H,13,14). The van der Waals surface area contributed by atoms with Crippen molar-refractivity contribution in [3.05, 3.63) is 29.8 Å². The number of benzene rings is 1. The van der Waals surface area contributed by atoms with Crippen LogP contribution in [0, 0.1) is 0 Å². The van der Waals surface area contributed by atoms with Gasteiger partial charge >= 0.3 is 0 Å². The topological polar surface area (TPSA) is 52.6 Å². The Morgan fingerprint density at radius 1 is 1.50 bits per heavy atom. The fourth-order valence-corrected chi connectivity index (χ4v) is 1.81. The second-order valence-corrected chi connectivity index (χ2v) is 4.99. The zero-order valence-electron chi connectivity index (χ0n) is 9.23. The van der Waals surface area contributed by atoms with Crippen molar-refractivity contribution in [1.29, 1.82) is 0 Å². The molecular formula is C10H15N2O2PS. The monoisotopic (exact) mass is 258 g/mol. The summed E-state index contributed by atoms with van der Waals surface area (Å²) >= 11 is 5.07. The number of nitrogens with one attached hydrogen (secondary N) is 1. The minimum atomic E-state index is -2.58. The second kappa shape index (κ2) is 5.99. The van der Waals surface area contributed by atoms with Crippen LogP contribution < -0.4 is 10.6 Å². The van der Waals surface area contributed by atoms with Crippen molar-refractivity contribution in [2.24, 2.45) is 0 Å². The summed E-state index contributed by atoms with van der Waals surface area (Å²) in [6, 6.07) is 7.02. The maximum Gasteiger partial charge on any atom is 0.218 e. The first kappa shape index (κ1) is 13.2. The molecule has 0 radical (unpaired) electrons. The van der Waals surface area contributed by atoms with Gasteiger partial charge in [-0.25, -0.2) is 0 Å². The number of hydrogen-bond donors (Lipinski definition) is 2. The van der Waals surface area contributed by atoms with Crippen LogP contribution in [0.2, 0.25) is 0 Å². The maximum atomic E-state index is 10.8. The van der Waals surface area contributed by atoms with Crippen LogP contribution in [0.25, 0.3) is 0 Å². The fourth-order valence-electron chi connectivity index (χ4n) is 1.29. The molecular weight excluding hydrogens is 243 g/mol. The van der Waals surface area contributed by atoms with Crippen molar-refractivity contribution in [1.82, 2.24) is 10.2 Å². The van der Waals surface area contributed by atoms with Gasteiger partial charge in [0.15, 0.2) is 5.11 Å². The van der Waals surface area contributed by atoms with E-state index in [2.05, 4.69) is 5.32 Å². The molecule has 2 N–H and O–H groups in total. The van der Waals surface area contributed by atoms with Gasteiger partial charge in [0, 0.05) is 25.9 Å². The van der Waals surface area contributed by atoms with Gasteiger partial charge in [0.25, 0.3) is 0 Å². The number of rotatable bonds is 3. The Morgan fingerprint density at radius 2 is 2.06 bits per heavy atom. The molecule has 0 aromatic heterocycles. The predicted octanol–water partition coefficient (Wildman–Crippen LogP) is 0.715. The first-order valence-electron chi connectivity index (χ1n) is 4.79. The Labute approximate surface area is 101 Å². The molecule has 88 valence electrons. The molecule has 6 heteroatoms. The lowest BCUT2D eigenvalue weighted by Gasteiger charge is -2.19. The Kier molecular flexibility index (Phi) is 4.93. The van der Waals surface area contributed by atoms with E-state index in [1.54, 1.807) is 19.2 Å². The fraction of sp³-hybridized carbons (Fsp3) is 0.300. The largest absolute Gasteiger partial charge is 0.366 e. The second-order valence-electron chi connectivity index (χ2n) is 3.41. The van der Waals surface area contributed by atoms with Gasteiger partial charge in [0.2, 0.25) is 8.03 Å². The summed E-state index contributed by atoms with van der Waals surface area (Å²) in [5.41, 5.74) is 1.05. The van der Waals surface area contributed by atoms with E-state index in [1.807, 2.05) is 24.1 Å². The Morgan fingerprint density at radius 3 is 2.50 bits per heavy atom. The molecule has 16 heavy (non-hydrogen) atoms. The molecule has 1 unspecified atom stereocenters. The minimum absolute atomic E-state index is 0.479. The molecule has 1 rings (SSSR count). The summed E-state index contributed by atoms with van der Waals surface area (Å²) < 4.78 is 10.8. The summed E-state index contributed by atoms with van der Waals surface area (Å²) in [7, 11) is 1.09. The van der Waals surface area contributed by atoms with Gasteiger partial charge in [-0.3, -0.25) is 4.57 Å². The van der Waals surface area contributed by atoms with Gasteiger partial charge in [-0.2, -0.15) is 0 Å². The molecule has 0 bridgehead atoms. The first-order chi connectivity index (χ1) is 7.54. The number of hydrogen-bond acceptors (Lipinski definition) is 2. The maximum absolute atomic E-state index is 10.8. The molecule has 0 heterocycles. The van der Waals surface area contributed by atoms with Crippen molar-refractivity contribution < 1.29 is 9.46 Å². The lowest BCUT2D eigenvalue weighted by atomic mass is 10.2. The van der Waals surface area contributed by atoms with Crippen molar-refractivity contribution >= 4 is 30.7 Å². The van der Waals surface area contributed by atoms with E-state index in [0.717, 1.165) is 5.56 Å². The van der Waals surface area contributed by atoms with Crippen LogP contribution in [0.5, 0.6) is 0 Å². The van der Waals surface area contributed by atoms with Gasteiger partial charge in [-0.05, 0) is 29.9 Å². The van der Waals surface area contributed by atoms with Gasteiger partial charge in [0.05, 0.1) is 0 Å². The molecule has 4 nitrogen and oxygen atoms in total. The van der Waals surface area contributed by atoms with Crippen LogP contribution in [0.15, 0.2) is 24.3 Å². The van der Waals surface area contributed by atoms with Crippen molar-refractivity contribution in [3.8, 4) is 0 Å². The highest BCUT2D eigenvalue weighted by Gasteiger charge is 2.04. The SMILES string of the molecule is CNC(=S)N(C)Cc1ccc([PH](=O)O)cc1. The van der Waals surface area contributed by atoms with Crippen LogP contribution in [0.1, 0.15) is 5.56 Å². The van der Waals surface area contributed by atoms with E-state index < -0.39 is 8.03 Å². The molecule has 0 saturated heterocycles. The van der Waals surface area contributed by atoms with E-state index in [9.17, 15) is 4.57 Å². The molecule has 1 atom stereocenters. The Bertz CT molecular complexity index is 394. The van der Waals surface area contributed by atoms with E-state index >= 15 is 0 Å². The summed E-state index contributed by atoms with van der Waals surface area (Å²) in [6.45, 7) is 0.673. The molecule has 1 aromatic carbocycles. The third-order valence-electron chi connectivity index (χ3n) is 2.18.